The molecule has 0 unspecified atom stereocenters. The molecule has 1 rings (SSSR count). The van der Waals surface area contributed by atoms with E-state index in [4.69, 9.17) is 10.2 Å². The number of hydrogen-bond acceptors (Lipinski definition) is 7. The van der Waals surface area contributed by atoms with E-state index in [1.165, 1.54) is 24.3 Å². The van der Waals surface area contributed by atoms with Crippen molar-refractivity contribution in [1.29, 1.82) is 0 Å². The fraction of sp³-hybridized carbons (Fsp3) is 0.462. The molecule has 0 saturated carbocycles. The third-order valence-corrected chi connectivity index (χ3v) is 8.11. The van der Waals surface area contributed by atoms with Gasteiger partial charge in [-0.2, -0.15) is 21.6 Å². The molecule has 0 atom stereocenters. The van der Waals surface area contributed by atoms with Gasteiger partial charge < -0.3 is 15.3 Å². The predicted octanol–water partition coefficient (Wildman–Crippen LogP) is 1.15. The Labute approximate surface area is 143 Å². The topological polar surface area (TPSA) is 121 Å². The average molecular weight is 406 g/mol. The van der Waals surface area contributed by atoms with Gasteiger partial charge in [0.1, 0.15) is 5.75 Å². The number of ketones is 1. The van der Waals surface area contributed by atoms with Crippen molar-refractivity contribution in [3.05, 3.63) is 29.8 Å². The molecule has 0 spiro atoms. The molecule has 144 valence electrons. The van der Waals surface area contributed by atoms with Gasteiger partial charge in [0.15, 0.2) is 5.78 Å². The largest absolute Gasteiger partial charge is 0.523 e. The maximum Gasteiger partial charge on any atom is 0.523 e. The van der Waals surface area contributed by atoms with E-state index in [9.17, 15) is 31.5 Å². The van der Waals surface area contributed by atoms with Crippen LogP contribution in [0.25, 0.3) is 0 Å². The fourth-order valence-corrected chi connectivity index (χ4v) is 6.24. The van der Waals surface area contributed by atoms with Crippen LogP contribution in [0.15, 0.2) is 24.3 Å². The number of hydrogen-bond donors (Lipinski definition) is 3. The molecule has 0 aliphatic rings. The van der Waals surface area contributed by atoms with E-state index in [0.717, 1.165) is 0 Å². The summed E-state index contributed by atoms with van der Waals surface area (Å²) in [4.78, 5) is 12.3. The summed E-state index contributed by atoms with van der Waals surface area (Å²) in [6.07, 6.45) is 0. The van der Waals surface area contributed by atoms with E-state index in [2.05, 4.69) is 3.63 Å². The van der Waals surface area contributed by atoms with E-state index >= 15 is 0 Å². The highest BCUT2D eigenvalue weighted by molar-refractivity contribution is 8.33. The molecule has 3 N–H and O–H groups in total. The molecule has 0 aliphatic heterocycles. The van der Waals surface area contributed by atoms with E-state index in [1.54, 1.807) is 0 Å². The summed E-state index contributed by atoms with van der Waals surface area (Å²) in [5, 5.41) is 27.4. The van der Waals surface area contributed by atoms with Crippen molar-refractivity contribution in [2.75, 3.05) is 30.5 Å². The highest BCUT2D eigenvalue weighted by Gasteiger charge is 2.51. The van der Waals surface area contributed by atoms with Gasteiger partial charge in [-0.25, -0.2) is 3.63 Å². The maximum atomic E-state index is 12.6. The molecule has 12 heteroatoms. The molecule has 7 nitrogen and oxygen atoms in total. The molecule has 0 aliphatic carbocycles. The normalized spacial score (nSPS) is 13.6. The number of benzene rings is 1. The van der Waals surface area contributed by atoms with Gasteiger partial charge in [0, 0.05) is 17.1 Å². The van der Waals surface area contributed by atoms with Crippen LogP contribution in [-0.4, -0.2) is 65.5 Å². The number of rotatable bonds is 9. The predicted molar refractivity (Wildman–Crippen MR) is 84.9 cm³/mol. The summed E-state index contributed by atoms with van der Waals surface area (Å²) in [5.41, 5.74) is -5.68. The summed E-state index contributed by atoms with van der Waals surface area (Å²) < 4.78 is 64.9. The quantitative estimate of drug-likeness (QED) is 0.415. The van der Waals surface area contributed by atoms with Crippen LogP contribution in [-0.2, 0) is 13.7 Å². The molecule has 0 fully saturated rings. The monoisotopic (exact) mass is 406 g/mol. The molecule has 0 radical (unpaired) electrons. The van der Waals surface area contributed by atoms with Crippen LogP contribution in [0, 0.1) is 0 Å². The number of carbonyl (C=O) groups is 1. The number of Topliss-reactive ketones (excluding diaryl/α,β-unsaturated/α-hetero) is 1. The Balaban J connectivity index is 3.18. The third kappa shape index (κ3) is 5.85. The number of carbonyl (C=O) groups excluding carboxylic acids is 1. The first-order valence-electron chi connectivity index (χ1n) is 6.79. The van der Waals surface area contributed by atoms with Gasteiger partial charge in [-0.05, 0) is 24.3 Å². The second kappa shape index (κ2) is 8.36. The third-order valence-electron chi connectivity index (χ3n) is 3.03. The van der Waals surface area contributed by atoms with Crippen molar-refractivity contribution < 1.29 is 45.3 Å². The molecule has 25 heavy (non-hydrogen) atoms. The summed E-state index contributed by atoms with van der Waals surface area (Å²) in [6.45, 7) is -1.46. The zero-order valence-corrected chi connectivity index (χ0v) is 14.4. The van der Waals surface area contributed by atoms with Gasteiger partial charge in [-0.3, -0.25) is 4.79 Å². The molecule has 0 saturated heterocycles. The Morgan fingerprint density at radius 1 is 1.04 bits per heavy atom. The summed E-state index contributed by atoms with van der Waals surface area (Å²) in [6, 6.07) is 4.77. The van der Waals surface area contributed by atoms with E-state index in [0.29, 0.717) is 0 Å². The second-order valence-corrected chi connectivity index (χ2v) is 9.86. The zero-order valence-electron chi connectivity index (χ0n) is 12.8. The first-order chi connectivity index (χ1) is 11.5. The molecule has 0 bridgehead atoms. The van der Waals surface area contributed by atoms with E-state index in [-0.39, 0.29) is 11.3 Å². The second-order valence-electron chi connectivity index (χ2n) is 4.90. The Kier molecular flexibility index (Phi) is 7.26. The lowest BCUT2D eigenvalue weighted by Crippen LogP contribution is -2.33. The number of aliphatic hydroxyl groups is 2. The standard InChI is InChI=1S/C13H17F3O7S2/c14-13(15,16)25(21,22)23-24(7-5-17,8-6-18)9-12(20)10-1-3-11(19)4-2-10/h1-4,17-19H,5-9H2. The van der Waals surface area contributed by atoms with Gasteiger partial charge in [0.05, 0.1) is 19.0 Å². The van der Waals surface area contributed by atoms with Gasteiger partial charge >= 0.3 is 15.6 Å². The maximum absolute atomic E-state index is 12.6. The first-order valence-corrected chi connectivity index (χ1v) is 10.3. The summed E-state index contributed by atoms with van der Waals surface area (Å²) in [7, 11) is -9.33. The lowest BCUT2D eigenvalue weighted by molar-refractivity contribution is -0.0496. The van der Waals surface area contributed by atoms with Crippen molar-refractivity contribution >= 4 is 26.2 Å². The minimum atomic E-state index is -6.01. The van der Waals surface area contributed by atoms with Gasteiger partial charge in [0.2, 0.25) is 0 Å². The van der Waals surface area contributed by atoms with Crippen LogP contribution in [0.5, 0.6) is 5.75 Å². The van der Waals surface area contributed by atoms with Crippen LogP contribution in [0.1, 0.15) is 10.4 Å². The highest BCUT2D eigenvalue weighted by Crippen LogP contribution is 2.52. The number of alkyl halides is 3. The molecular weight excluding hydrogens is 389 g/mol. The van der Waals surface area contributed by atoms with Crippen molar-refractivity contribution in [2.45, 2.75) is 5.51 Å². The number of aromatic hydroxyl groups is 1. The van der Waals surface area contributed by atoms with Crippen LogP contribution < -0.4 is 0 Å². The molecule has 1 aromatic carbocycles. The van der Waals surface area contributed by atoms with Gasteiger partial charge in [-0.1, -0.05) is 0 Å². The van der Waals surface area contributed by atoms with E-state index < -0.39 is 62.2 Å². The van der Waals surface area contributed by atoms with E-state index in [1.807, 2.05) is 0 Å². The molecule has 1 aromatic rings. The zero-order chi connectivity index (χ0) is 19.3. The lowest BCUT2D eigenvalue weighted by atomic mass is 10.1. The summed E-state index contributed by atoms with van der Waals surface area (Å²) >= 11 is 0. The molecular formula is C13H17F3O7S2. The minimum Gasteiger partial charge on any atom is -0.508 e. The average Bonchev–Trinajstić information content (AvgIpc) is 2.46. The number of phenols is 1. The highest BCUT2D eigenvalue weighted by atomic mass is 32.3. The van der Waals surface area contributed by atoms with Gasteiger partial charge in [-0.15, -0.1) is 10.3 Å². The lowest BCUT2D eigenvalue weighted by Gasteiger charge is -2.36. The van der Waals surface area contributed by atoms with Crippen molar-refractivity contribution in [3.63, 3.8) is 0 Å². The first kappa shape index (κ1) is 21.7. The Hall–Kier alpha value is -1.34. The molecule has 0 aromatic heterocycles. The number of phenolic OH excluding ortho intramolecular Hbond substituents is 1. The van der Waals surface area contributed by atoms with Crippen molar-refractivity contribution in [3.8, 4) is 5.75 Å². The Bertz CT molecular complexity index is 681. The van der Waals surface area contributed by atoms with Crippen LogP contribution >= 0.6 is 10.3 Å². The molecule has 0 amide bonds. The molecule has 0 heterocycles. The van der Waals surface area contributed by atoms with Crippen molar-refractivity contribution in [1.82, 2.24) is 0 Å². The SMILES string of the molecule is O=C(CS(CCO)(CCO)OS(=O)(=O)C(F)(F)F)c1ccc(O)cc1. The minimum absolute atomic E-state index is 0.0126. The fourth-order valence-electron chi connectivity index (χ4n) is 1.87. The number of aliphatic hydroxyl groups excluding tert-OH is 2. The summed E-state index contributed by atoms with van der Waals surface area (Å²) in [5.74, 6) is -2.70. The smallest absolute Gasteiger partial charge is 0.508 e. The Morgan fingerprint density at radius 3 is 1.92 bits per heavy atom. The Morgan fingerprint density at radius 2 is 1.52 bits per heavy atom. The number of halogens is 3. The van der Waals surface area contributed by atoms with Crippen molar-refractivity contribution in [2.24, 2.45) is 0 Å². The van der Waals surface area contributed by atoms with Crippen LogP contribution in [0.4, 0.5) is 13.2 Å². The van der Waals surface area contributed by atoms with Crippen LogP contribution in [0.2, 0.25) is 0 Å². The van der Waals surface area contributed by atoms with Gasteiger partial charge in [0.25, 0.3) is 0 Å². The van der Waals surface area contributed by atoms with Crippen LogP contribution in [0.3, 0.4) is 0 Å².